The summed E-state index contributed by atoms with van der Waals surface area (Å²) in [7, 11) is 0. The second-order valence-electron chi connectivity index (χ2n) is 15.1. The lowest BCUT2D eigenvalue weighted by molar-refractivity contribution is 0.0119. The first-order valence-electron chi connectivity index (χ1n) is 18.4. The lowest BCUT2D eigenvalue weighted by atomic mass is 9.77. The van der Waals surface area contributed by atoms with E-state index >= 15 is 4.39 Å². The zero-order chi connectivity index (χ0) is 38.0. The monoisotopic (exact) mass is 721 g/mol. The summed E-state index contributed by atoms with van der Waals surface area (Å²) in [5, 5.41) is 16.4. The third kappa shape index (κ3) is 6.78. The quantitative estimate of drug-likeness (QED) is 0.145. The highest BCUT2D eigenvalue weighted by Gasteiger charge is 2.42. The summed E-state index contributed by atoms with van der Waals surface area (Å²) in [6, 6.07) is 37.4. The van der Waals surface area contributed by atoms with Gasteiger partial charge in [0.2, 0.25) is 0 Å². The zero-order valence-electron chi connectivity index (χ0n) is 31.3. The van der Waals surface area contributed by atoms with Gasteiger partial charge in [-0.05, 0) is 68.0 Å². The fourth-order valence-corrected chi connectivity index (χ4v) is 7.59. The molecule has 1 fully saturated rings. The molecule has 0 N–H and O–H groups in total. The van der Waals surface area contributed by atoms with Gasteiger partial charge >= 0.3 is 6.09 Å². The Hall–Kier alpha value is -6.08. The number of fused-ring (bicyclic) bond motifs is 1. The van der Waals surface area contributed by atoms with E-state index in [4.69, 9.17) is 19.8 Å². The van der Waals surface area contributed by atoms with Crippen molar-refractivity contribution in [2.24, 2.45) is 5.92 Å². The van der Waals surface area contributed by atoms with Crippen LogP contribution in [-0.2, 0) is 10.3 Å². The maximum atomic E-state index is 16.2. The van der Waals surface area contributed by atoms with Crippen LogP contribution in [0.4, 0.5) is 15.0 Å². The van der Waals surface area contributed by atoms with Gasteiger partial charge in [-0.25, -0.2) is 23.8 Å². The van der Waals surface area contributed by atoms with Crippen LogP contribution in [-0.4, -0.2) is 62.0 Å². The Balaban J connectivity index is 1.41. The Morgan fingerprint density at radius 1 is 0.889 bits per heavy atom. The number of ether oxygens (including phenoxy) is 1. The number of nitrogens with zero attached hydrogens (tertiary/aromatic N) is 7. The number of carbonyl (C=O) groups excluding carboxylic acids is 1. The number of carbonyl (C=O) groups is 1. The average Bonchev–Trinajstić information content (AvgIpc) is 3.55. The number of rotatable bonds is 8. The molecular formula is C44H44FN7O2. The molecule has 0 radical (unpaired) electrons. The number of aromatic nitrogens is 4. The Morgan fingerprint density at radius 3 is 2.02 bits per heavy atom. The van der Waals surface area contributed by atoms with Gasteiger partial charge in [-0.2, -0.15) is 10.4 Å². The van der Waals surface area contributed by atoms with E-state index in [1.54, 1.807) is 11.1 Å². The van der Waals surface area contributed by atoms with Gasteiger partial charge in [-0.1, -0.05) is 105 Å². The highest BCUT2D eigenvalue weighted by molar-refractivity contribution is 5.92. The lowest BCUT2D eigenvalue weighted by Gasteiger charge is -2.43. The first kappa shape index (κ1) is 36.3. The minimum absolute atomic E-state index is 0.0579. The number of halogens is 1. The molecule has 10 heteroatoms. The number of pyridine rings is 2. The van der Waals surface area contributed by atoms with Crippen molar-refractivity contribution < 1.29 is 13.9 Å². The van der Waals surface area contributed by atoms with Crippen LogP contribution < -0.4 is 4.90 Å². The Morgan fingerprint density at radius 2 is 1.48 bits per heavy atom. The van der Waals surface area contributed by atoms with Crippen LogP contribution in [0.15, 0.2) is 115 Å². The van der Waals surface area contributed by atoms with Crippen molar-refractivity contribution in [3.05, 3.63) is 143 Å². The van der Waals surface area contributed by atoms with Gasteiger partial charge in [-0.3, -0.25) is 0 Å². The molecule has 0 spiro atoms. The number of piperazine rings is 1. The molecule has 0 bridgehead atoms. The minimum atomic E-state index is -0.994. The predicted molar refractivity (Wildman–Crippen MR) is 208 cm³/mol. The number of hydrogen-bond acceptors (Lipinski definition) is 7. The van der Waals surface area contributed by atoms with Crippen molar-refractivity contribution in [2.45, 2.75) is 58.2 Å². The van der Waals surface area contributed by atoms with Crippen LogP contribution in [0.3, 0.4) is 0 Å². The summed E-state index contributed by atoms with van der Waals surface area (Å²) in [6.45, 7) is 10.8. The Bertz CT molecular complexity index is 2200. The predicted octanol–water partition coefficient (Wildman–Crippen LogP) is 8.82. The maximum Gasteiger partial charge on any atom is 0.410 e. The Labute approximate surface area is 315 Å². The third-order valence-corrected chi connectivity index (χ3v) is 9.79. The van der Waals surface area contributed by atoms with Crippen LogP contribution in [0.1, 0.15) is 63.3 Å². The van der Waals surface area contributed by atoms with Crippen molar-refractivity contribution in [1.29, 1.82) is 5.26 Å². The molecule has 1 unspecified atom stereocenters. The van der Waals surface area contributed by atoms with E-state index in [1.165, 1.54) is 6.07 Å². The van der Waals surface area contributed by atoms with E-state index in [-0.39, 0.29) is 35.1 Å². The lowest BCUT2D eigenvalue weighted by Crippen LogP contribution is -2.57. The smallest absolute Gasteiger partial charge is 0.410 e. The minimum Gasteiger partial charge on any atom is -0.444 e. The fraction of sp³-hybridized carbons (Fsp3) is 0.295. The van der Waals surface area contributed by atoms with Gasteiger partial charge < -0.3 is 14.5 Å². The van der Waals surface area contributed by atoms with E-state index in [9.17, 15) is 10.1 Å². The van der Waals surface area contributed by atoms with Crippen molar-refractivity contribution in [3.8, 4) is 17.5 Å². The molecule has 54 heavy (non-hydrogen) atoms. The summed E-state index contributed by atoms with van der Waals surface area (Å²) < 4.78 is 23.8. The molecule has 1 aliphatic rings. The number of amides is 1. The Kier molecular flexibility index (Phi) is 9.91. The van der Waals surface area contributed by atoms with E-state index in [0.29, 0.717) is 42.8 Å². The number of nitriles is 1. The molecule has 1 atom stereocenters. The molecule has 1 saturated heterocycles. The van der Waals surface area contributed by atoms with Crippen molar-refractivity contribution in [3.63, 3.8) is 0 Å². The normalized spacial score (nSPS) is 15.0. The molecular weight excluding hydrogens is 678 g/mol. The van der Waals surface area contributed by atoms with E-state index in [1.807, 2.05) is 97.1 Å². The van der Waals surface area contributed by atoms with Crippen LogP contribution in [0, 0.1) is 23.1 Å². The van der Waals surface area contributed by atoms with Gasteiger partial charge in [0.1, 0.15) is 28.6 Å². The largest absolute Gasteiger partial charge is 0.444 e. The third-order valence-electron chi connectivity index (χ3n) is 9.79. The van der Waals surface area contributed by atoms with Gasteiger partial charge in [0.05, 0.1) is 11.6 Å². The molecule has 4 heterocycles. The molecule has 1 aliphatic heterocycles. The second-order valence-corrected chi connectivity index (χ2v) is 15.1. The van der Waals surface area contributed by atoms with Gasteiger partial charge in [0.15, 0.2) is 17.3 Å². The standard InChI is InChI=1S/C44H44FN7O2/c1-30(2)26-35-29-50(24-25-51(35)42(53)54-43(3,4)5)41-37(45)27-31(28-46)38(48-41)39-36-22-15-23-47-40(36)52(49-39)44(32-16-9-6-10-17-32,33-18-11-7-12-19-33)34-20-13-8-14-21-34/h6-23,27,30,35H,24-26,29H2,1-5H3. The highest BCUT2D eigenvalue weighted by Crippen LogP contribution is 2.44. The second kappa shape index (κ2) is 14.7. The summed E-state index contributed by atoms with van der Waals surface area (Å²) in [5.41, 5.74) is 2.52. The summed E-state index contributed by atoms with van der Waals surface area (Å²) in [6.07, 6.45) is 2.04. The SMILES string of the molecule is CC(C)CC1CN(c2nc(-c3nn(C(c4ccccc4)(c4ccccc4)c4ccccc4)c4ncccc34)c(C#N)cc2F)CCN1C(=O)OC(C)(C)C. The van der Waals surface area contributed by atoms with Crippen LogP contribution in [0.25, 0.3) is 22.4 Å². The van der Waals surface area contributed by atoms with Gasteiger partial charge in [0, 0.05) is 31.2 Å². The number of anilines is 1. The van der Waals surface area contributed by atoms with Gasteiger partial charge in [-0.15, -0.1) is 0 Å². The summed E-state index contributed by atoms with van der Waals surface area (Å²) in [4.78, 5) is 26.7. The number of hydrogen-bond donors (Lipinski definition) is 0. The highest BCUT2D eigenvalue weighted by atomic mass is 19.1. The van der Waals surface area contributed by atoms with Crippen LogP contribution >= 0.6 is 0 Å². The van der Waals surface area contributed by atoms with Crippen molar-refractivity contribution >= 4 is 22.9 Å². The first-order chi connectivity index (χ1) is 26.0. The molecule has 6 aromatic rings. The molecule has 3 aromatic carbocycles. The number of benzene rings is 3. The molecule has 3 aromatic heterocycles. The van der Waals surface area contributed by atoms with Crippen LogP contribution in [0.5, 0.6) is 0 Å². The van der Waals surface area contributed by atoms with E-state index < -0.39 is 17.0 Å². The maximum absolute atomic E-state index is 16.2. The zero-order valence-corrected chi connectivity index (χ0v) is 31.3. The van der Waals surface area contributed by atoms with Crippen LogP contribution in [0.2, 0.25) is 0 Å². The molecule has 274 valence electrons. The molecule has 1 amide bonds. The molecule has 0 aliphatic carbocycles. The van der Waals surface area contributed by atoms with E-state index in [2.05, 4.69) is 56.3 Å². The van der Waals surface area contributed by atoms with Gasteiger partial charge in [0.25, 0.3) is 0 Å². The first-order valence-corrected chi connectivity index (χ1v) is 18.4. The molecule has 9 nitrogen and oxygen atoms in total. The fourth-order valence-electron chi connectivity index (χ4n) is 7.59. The van der Waals surface area contributed by atoms with Crippen molar-refractivity contribution in [2.75, 3.05) is 24.5 Å². The molecule has 7 rings (SSSR count). The molecule has 0 saturated carbocycles. The summed E-state index contributed by atoms with van der Waals surface area (Å²) >= 11 is 0. The topological polar surface area (TPSA) is 100 Å². The van der Waals surface area contributed by atoms with E-state index in [0.717, 1.165) is 16.7 Å². The van der Waals surface area contributed by atoms with Crippen molar-refractivity contribution in [1.82, 2.24) is 24.6 Å². The average molecular weight is 722 g/mol. The summed E-state index contributed by atoms with van der Waals surface area (Å²) in [5.74, 6) is -0.233.